The Hall–Kier alpha value is -2.34. The zero-order chi connectivity index (χ0) is 17.5. The minimum Gasteiger partial charge on any atom is -0.497 e. The number of alkyl halides is 3. The van der Waals surface area contributed by atoms with Crippen LogP contribution >= 0.6 is 11.6 Å². The molecule has 0 bridgehead atoms. The summed E-state index contributed by atoms with van der Waals surface area (Å²) >= 11 is 6.23. The Labute approximate surface area is 141 Å². The molecule has 24 heavy (non-hydrogen) atoms. The lowest BCUT2D eigenvalue weighted by atomic mass is 10.0. The van der Waals surface area contributed by atoms with Crippen LogP contribution in [0.4, 0.5) is 13.2 Å². The molecule has 0 unspecified atom stereocenters. The van der Waals surface area contributed by atoms with Crippen LogP contribution in [0.25, 0.3) is 22.2 Å². The van der Waals surface area contributed by atoms with Crippen molar-refractivity contribution in [2.45, 2.75) is 13.1 Å². The molecule has 0 amide bonds. The first kappa shape index (κ1) is 16.5. The second-order valence-electron chi connectivity index (χ2n) is 5.16. The standard InChI is InChI=1S/C17H12ClF3N2O/c1-9-22-15(12-8-10(24-2)6-7-14(12)18)11-4-3-5-13(16(11)23-9)17(19,20)21/h3-8H,1-2H3. The van der Waals surface area contributed by atoms with Crippen LogP contribution in [0.15, 0.2) is 36.4 Å². The summed E-state index contributed by atoms with van der Waals surface area (Å²) in [6.45, 7) is 1.55. The van der Waals surface area contributed by atoms with E-state index in [2.05, 4.69) is 9.97 Å². The van der Waals surface area contributed by atoms with Crippen LogP contribution < -0.4 is 4.74 Å². The first-order valence-corrected chi connectivity index (χ1v) is 7.37. The highest BCUT2D eigenvalue weighted by molar-refractivity contribution is 6.33. The molecule has 0 aliphatic carbocycles. The Kier molecular flexibility index (Phi) is 4.09. The van der Waals surface area contributed by atoms with E-state index >= 15 is 0 Å². The average molecular weight is 353 g/mol. The normalized spacial score (nSPS) is 11.8. The number of ether oxygens (including phenoxy) is 1. The number of aromatic nitrogens is 2. The minimum atomic E-state index is -4.50. The molecule has 0 aliphatic heterocycles. The summed E-state index contributed by atoms with van der Waals surface area (Å²) in [5, 5.41) is 0.651. The Bertz CT molecular complexity index is 926. The van der Waals surface area contributed by atoms with Gasteiger partial charge in [0, 0.05) is 10.9 Å². The molecule has 0 saturated carbocycles. The molecule has 0 radical (unpaired) electrons. The van der Waals surface area contributed by atoms with Crippen LogP contribution in [0.5, 0.6) is 5.75 Å². The van der Waals surface area contributed by atoms with Crippen LogP contribution in [0.3, 0.4) is 0 Å². The molecule has 0 aliphatic rings. The smallest absolute Gasteiger partial charge is 0.418 e. The number of aryl methyl sites for hydroxylation is 1. The fourth-order valence-electron chi connectivity index (χ4n) is 2.51. The van der Waals surface area contributed by atoms with Crippen molar-refractivity contribution >= 4 is 22.5 Å². The Morgan fingerprint density at radius 3 is 2.50 bits per heavy atom. The van der Waals surface area contributed by atoms with Gasteiger partial charge in [-0.05, 0) is 31.2 Å². The largest absolute Gasteiger partial charge is 0.497 e. The highest BCUT2D eigenvalue weighted by Gasteiger charge is 2.33. The van der Waals surface area contributed by atoms with E-state index in [0.29, 0.717) is 22.0 Å². The van der Waals surface area contributed by atoms with Crippen molar-refractivity contribution in [2.75, 3.05) is 7.11 Å². The van der Waals surface area contributed by atoms with Crippen molar-refractivity contribution in [3.63, 3.8) is 0 Å². The van der Waals surface area contributed by atoms with Gasteiger partial charge in [-0.25, -0.2) is 9.97 Å². The number of para-hydroxylation sites is 1. The molecule has 0 N–H and O–H groups in total. The van der Waals surface area contributed by atoms with Gasteiger partial charge in [0.15, 0.2) is 0 Å². The summed E-state index contributed by atoms with van der Waals surface area (Å²) < 4.78 is 45.0. The monoisotopic (exact) mass is 352 g/mol. The molecule has 3 nitrogen and oxygen atoms in total. The maximum absolute atomic E-state index is 13.3. The summed E-state index contributed by atoms with van der Waals surface area (Å²) in [4.78, 5) is 8.31. The Balaban J connectivity index is 2.38. The Morgan fingerprint density at radius 2 is 1.83 bits per heavy atom. The molecular formula is C17H12ClF3N2O. The van der Waals surface area contributed by atoms with Crippen LogP contribution in [0, 0.1) is 6.92 Å². The third kappa shape index (κ3) is 2.89. The summed E-state index contributed by atoms with van der Waals surface area (Å²) in [7, 11) is 1.50. The summed E-state index contributed by atoms with van der Waals surface area (Å²) in [6, 6.07) is 8.82. The maximum atomic E-state index is 13.3. The highest BCUT2D eigenvalue weighted by atomic mass is 35.5. The number of methoxy groups -OCH3 is 1. The van der Waals surface area contributed by atoms with Crippen molar-refractivity contribution in [1.29, 1.82) is 0 Å². The number of hydrogen-bond acceptors (Lipinski definition) is 3. The van der Waals surface area contributed by atoms with E-state index in [9.17, 15) is 13.2 Å². The molecule has 0 saturated heterocycles. The first-order valence-electron chi connectivity index (χ1n) is 6.99. The van der Waals surface area contributed by atoms with Crippen molar-refractivity contribution in [1.82, 2.24) is 9.97 Å². The maximum Gasteiger partial charge on any atom is 0.418 e. The molecule has 0 atom stereocenters. The zero-order valence-corrected chi connectivity index (χ0v) is 13.5. The van der Waals surface area contributed by atoms with Crippen LogP contribution in [0.2, 0.25) is 5.02 Å². The predicted molar refractivity (Wildman–Crippen MR) is 86.3 cm³/mol. The molecule has 124 valence electrons. The van der Waals surface area contributed by atoms with E-state index in [1.54, 1.807) is 31.2 Å². The van der Waals surface area contributed by atoms with Crippen molar-refractivity contribution in [2.24, 2.45) is 0 Å². The number of halogens is 4. The summed E-state index contributed by atoms with van der Waals surface area (Å²) in [5.74, 6) is 0.763. The van der Waals surface area contributed by atoms with Crippen LogP contribution in [-0.2, 0) is 6.18 Å². The number of fused-ring (bicyclic) bond motifs is 1. The van der Waals surface area contributed by atoms with Gasteiger partial charge >= 0.3 is 6.18 Å². The number of rotatable bonds is 2. The van der Waals surface area contributed by atoms with Crippen molar-refractivity contribution in [3.8, 4) is 17.0 Å². The van der Waals surface area contributed by atoms with Gasteiger partial charge in [0.1, 0.15) is 11.6 Å². The van der Waals surface area contributed by atoms with Crippen LogP contribution in [-0.4, -0.2) is 17.1 Å². The van der Waals surface area contributed by atoms with Gasteiger partial charge in [0.05, 0.1) is 28.9 Å². The minimum absolute atomic E-state index is 0.147. The third-order valence-corrected chi connectivity index (χ3v) is 3.90. The summed E-state index contributed by atoms with van der Waals surface area (Å²) in [5.41, 5.74) is -0.115. The highest BCUT2D eigenvalue weighted by Crippen LogP contribution is 2.38. The quantitative estimate of drug-likeness (QED) is 0.629. The second-order valence-corrected chi connectivity index (χ2v) is 5.57. The predicted octanol–water partition coefficient (Wildman–Crippen LogP) is 5.29. The Morgan fingerprint density at radius 1 is 1.08 bits per heavy atom. The van der Waals surface area contributed by atoms with E-state index in [0.717, 1.165) is 6.07 Å². The van der Waals surface area contributed by atoms with Gasteiger partial charge in [0.2, 0.25) is 0 Å². The van der Waals surface area contributed by atoms with E-state index in [4.69, 9.17) is 16.3 Å². The van der Waals surface area contributed by atoms with E-state index < -0.39 is 11.7 Å². The number of benzene rings is 2. The second kappa shape index (κ2) is 5.94. The van der Waals surface area contributed by atoms with Gasteiger partial charge in [0.25, 0.3) is 0 Å². The van der Waals surface area contributed by atoms with Gasteiger partial charge < -0.3 is 4.74 Å². The molecule has 0 spiro atoms. The molecule has 3 rings (SSSR count). The van der Waals surface area contributed by atoms with Gasteiger partial charge in [-0.15, -0.1) is 0 Å². The lowest BCUT2D eigenvalue weighted by molar-refractivity contribution is -0.136. The number of nitrogens with zero attached hydrogens (tertiary/aromatic N) is 2. The SMILES string of the molecule is COc1ccc(Cl)c(-c2nc(C)nc3c(C(F)(F)F)cccc23)c1. The molecule has 1 heterocycles. The fraction of sp³-hybridized carbons (Fsp3) is 0.176. The molecule has 3 aromatic rings. The first-order chi connectivity index (χ1) is 11.3. The number of hydrogen-bond donors (Lipinski definition) is 0. The van der Waals surface area contributed by atoms with Gasteiger partial charge in [-0.3, -0.25) is 0 Å². The molecule has 0 fully saturated rings. The lowest BCUT2D eigenvalue weighted by Gasteiger charge is -2.14. The van der Waals surface area contributed by atoms with Crippen molar-refractivity contribution in [3.05, 3.63) is 52.8 Å². The van der Waals surface area contributed by atoms with E-state index in [1.807, 2.05) is 0 Å². The van der Waals surface area contributed by atoms with E-state index in [1.165, 1.54) is 13.2 Å². The zero-order valence-electron chi connectivity index (χ0n) is 12.8. The molecule has 1 aromatic heterocycles. The topological polar surface area (TPSA) is 35.0 Å². The van der Waals surface area contributed by atoms with E-state index in [-0.39, 0.29) is 16.7 Å². The van der Waals surface area contributed by atoms with Crippen molar-refractivity contribution < 1.29 is 17.9 Å². The van der Waals surface area contributed by atoms with Gasteiger partial charge in [-0.1, -0.05) is 23.7 Å². The summed E-state index contributed by atoms with van der Waals surface area (Å²) in [6.07, 6.45) is -4.50. The third-order valence-electron chi connectivity index (χ3n) is 3.57. The lowest BCUT2D eigenvalue weighted by Crippen LogP contribution is -2.08. The molecule has 2 aromatic carbocycles. The molecular weight excluding hydrogens is 341 g/mol. The van der Waals surface area contributed by atoms with Crippen LogP contribution in [0.1, 0.15) is 11.4 Å². The molecule has 7 heteroatoms. The fourth-order valence-corrected chi connectivity index (χ4v) is 2.72. The average Bonchev–Trinajstić information content (AvgIpc) is 2.53. The van der Waals surface area contributed by atoms with Gasteiger partial charge in [-0.2, -0.15) is 13.2 Å².